The first-order valence-corrected chi connectivity index (χ1v) is 14.0. The zero-order valence-electron chi connectivity index (χ0n) is 22.6. The molecule has 0 spiro atoms. The summed E-state index contributed by atoms with van der Waals surface area (Å²) < 4.78 is 2.27. The molecule has 2 aromatic heterocycles. The van der Waals surface area contributed by atoms with E-state index in [2.05, 4.69) is 133 Å². The quantitative estimate of drug-likeness (QED) is 0.233. The van der Waals surface area contributed by atoms with E-state index in [-0.39, 0.29) is 5.92 Å². The summed E-state index contributed by atoms with van der Waals surface area (Å²) in [4.78, 5) is 4.68. The molecule has 0 fully saturated rings. The van der Waals surface area contributed by atoms with Crippen molar-refractivity contribution in [1.29, 1.82) is 0 Å². The molecular weight excluding hydrogens is 484 g/mol. The van der Waals surface area contributed by atoms with Crippen LogP contribution in [0.25, 0.3) is 72.7 Å². The van der Waals surface area contributed by atoms with E-state index in [1.807, 2.05) is 18.3 Å². The maximum Gasteiger partial charge on any atom is 0.137 e. The Balaban J connectivity index is 1.29. The highest BCUT2D eigenvalue weighted by atomic mass is 15.1. The Labute approximate surface area is 233 Å². The van der Waals surface area contributed by atoms with E-state index in [4.69, 9.17) is 0 Å². The second-order valence-electron chi connectivity index (χ2n) is 10.8. The van der Waals surface area contributed by atoms with E-state index < -0.39 is 0 Å². The molecule has 0 saturated carbocycles. The van der Waals surface area contributed by atoms with E-state index in [0.29, 0.717) is 0 Å². The first-order chi connectivity index (χ1) is 19.7. The molecule has 0 radical (unpaired) electrons. The van der Waals surface area contributed by atoms with Crippen LogP contribution in [0.5, 0.6) is 0 Å². The predicted octanol–water partition coefficient (Wildman–Crippen LogP) is 8.36. The zero-order valence-corrected chi connectivity index (χ0v) is 22.6. The van der Waals surface area contributed by atoms with Gasteiger partial charge in [-0.05, 0) is 92.5 Å². The molecule has 0 aliphatic heterocycles. The van der Waals surface area contributed by atoms with Crippen molar-refractivity contribution in [3.63, 3.8) is 0 Å². The van der Waals surface area contributed by atoms with Crippen LogP contribution in [0.4, 0.5) is 0 Å². The summed E-state index contributed by atoms with van der Waals surface area (Å²) in [6.07, 6.45) is 6.48. The van der Waals surface area contributed by atoms with Crippen LogP contribution in [-0.4, -0.2) is 9.55 Å². The van der Waals surface area contributed by atoms with Crippen LogP contribution in [-0.2, 0) is 0 Å². The Morgan fingerprint density at radius 1 is 0.675 bits per heavy atom. The summed E-state index contributed by atoms with van der Waals surface area (Å²) in [7, 11) is 0. The molecule has 0 saturated heterocycles. The second-order valence-corrected chi connectivity index (χ2v) is 10.8. The van der Waals surface area contributed by atoms with Crippen molar-refractivity contribution in [2.24, 2.45) is 0 Å². The minimum absolute atomic E-state index is 0.236. The van der Waals surface area contributed by atoms with Crippen molar-refractivity contribution >= 4 is 44.6 Å². The van der Waals surface area contributed by atoms with Crippen molar-refractivity contribution in [2.75, 3.05) is 0 Å². The number of benzene rings is 5. The van der Waals surface area contributed by atoms with Crippen LogP contribution in [0.15, 0.2) is 115 Å². The van der Waals surface area contributed by atoms with Gasteiger partial charge in [0.25, 0.3) is 0 Å². The highest BCUT2D eigenvalue weighted by Crippen LogP contribution is 2.48. The van der Waals surface area contributed by atoms with Crippen molar-refractivity contribution in [3.8, 4) is 28.1 Å². The van der Waals surface area contributed by atoms with Crippen molar-refractivity contribution in [3.05, 3.63) is 132 Å². The Bertz CT molecular complexity index is 2230. The highest BCUT2D eigenvalue weighted by Gasteiger charge is 2.21. The lowest BCUT2D eigenvalue weighted by atomic mass is 9.93. The Morgan fingerprint density at radius 2 is 1.43 bits per heavy atom. The number of hydrogen-bond donors (Lipinski definition) is 0. The lowest BCUT2D eigenvalue weighted by molar-refractivity contribution is 0.990. The number of nitrogens with zero attached hydrogens (tertiary/aromatic N) is 2. The van der Waals surface area contributed by atoms with E-state index in [1.54, 1.807) is 0 Å². The van der Waals surface area contributed by atoms with Crippen molar-refractivity contribution in [2.45, 2.75) is 19.8 Å². The van der Waals surface area contributed by atoms with Gasteiger partial charge in [-0.3, -0.25) is 4.57 Å². The largest absolute Gasteiger partial charge is 0.294 e. The molecule has 0 amide bonds. The van der Waals surface area contributed by atoms with Gasteiger partial charge in [0, 0.05) is 16.8 Å². The van der Waals surface area contributed by atoms with Gasteiger partial charge in [0.15, 0.2) is 0 Å². The van der Waals surface area contributed by atoms with Gasteiger partial charge in [0.2, 0.25) is 0 Å². The lowest BCUT2D eigenvalue weighted by Gasteiger charge is -2.11. The summed E-state index contributed by atoms with van der Waals surface area (Å²) in [6.45, 7) is 4.42. The van der Waals surface area contributed by atoms with Crippen LogP contribution >= 0.6 is 0 Å². The number of aromatic nitrogens is 2. The highest BCUT2D eigenvalue weighted by molar-refractivity contribution is 6.17. The molecule has 2 heteroatoms. The maximum atomic E-state index is 4.68. The fraction of sp³-hybridized carbons (Fsp3) is 0.0789. The van der Waals surface area contributed by atoms with Crippen molar-refractivity contribution in [1.82, 2.24) is 9.55 Å². The molecule has 0 N–H and O–H groups in total. The van der Waals surface area contributed by atoms with Gasteiger partial charge < -0.3 is 0 Å². The molecule has 1 unspecified atom stereocenters. The molecule has 190 valence electrons. The first kappa shape index (κ1) is 23.0. The summed E-state index contributed by atoms with van der Waals surface area (Å²) in [5.74, 6) is 1.18. The summed E-state index contributed by atoms with van der Waals surface area (Å²) in [5.41, 5.74) is 7.88. The fourth-order valence-electron chi connectivity index (χ4n) is 6.66. The molecule has 1 atom stereocenters. The molecule has 0 bridgehead atoms. The number of pyridine rings is 1. The average Bonchev–Trinajstić information content (AvgIpc) is 3.49. The summed E-state index contributed by atoms with van der Waals surface area (Å²) in [6, 6.07) is 39.8. The molecule has 1 aliphatic rings. The monoisotopic (exact) mass is 512 g/mol. The van der Waals surface area contributed by atoms with Gasteiger partial charge in [-0.2, -0.15) is 0 Å². The van der Waals surface area contributed by atoms with E-state index in [9.17, 15) is 0 Å². The zero-order chi connectivity index (χ0) is 26.8. The van der Waals surface area contributed by atoms with Gasteiger partial charge >= 0.3 is 0 Å². The molecule has 1 aliphatic carbocycles. The Hall–Kier alpha value is -4.95. The minimum Gasteiger partial charge on any atom is -0.294 e. The standard InChI is InChI=1S/C38H28N2/c1-3-35-34(29-12-4-5-15-36(29)40(35)37-16-6-7-19-39-37)20-24(2)26-17-18-27-22-32-30-13-8-10-25-11-9-14-31(38(25)30)33(32)23-28(27)21-26/h3-24H,1-2H3/b34-20-,35-3+. The van der Waals surface area contributed by atoms with Crippen LogP contribution in [0, 0.1) is 0 Å². The predicted molar refractivity (Wildman–Crippen MR) is 169 cm³/mol. The smallest absolute Gasteiger partial charge is 0.137 e. The first-order valence-electron chi connectivity index (χ1n) is 14.0. The molecule has 5 aromatic carbocycles. The average molecular weight is 513 g/mol. The van der Waals surface area contributed by atoms with E-state index in [0.717, 1.165) is 5.82 Å². The molecule has 8 rings (SSSR count). The molecular formula is C38H28N2. The molecule has 2 nitrogen and oxygen atoms in total. The fourth-order valence-corrected chi connectivity index (χ4v) is 6.66. The molecule has 40 heavy (non-hydrogen) atoms. The lowest BCUT2D eigenvalue weighted by Crippen LogP contribution is -2.29. The molecule has 2 heterocycles. The number of hydrogen-bond acceptors (Lipinski definition) is 1. The van der Waals surface area contributed by atoms with Gasteiger partial charge in [0.1, 0.15) is 5.82 Å². The third-order valence-electron chi connectivity index (χ3n) is 8.53. The number of para-hydroxylation sites is 1. The van der Waals surface area contributed by atoms with Crippen molar-refractivity contribution < 1.29 is 0 Å². The van der Waals surface area contributed by atoms with Gasteiger partial charge in [-0.1, -0.05) is 97.9 Å². The molecule has 7 aromatic rings. The Morgan fingerprint density at radius 3 is 2.17 bits per heavy atom. The second kappa shape index (κ2) is 8.79. The normalized spacial score (nSPS) is 13.9. The van der Waals surface area contributed by atoms with E-state index >= 15 is 0 Å². The van der Waals surface area contributed by atoms with Crippen LogP contribution < -0.4 is 10.6 Å². The van der Waals surface area contributed by atoms with Gasteiger partial charge in [-0.15, -0.1) is 0 Å². The number of rotatable bonds is 3. The maximum absolute atomic E-state index is 4.68. The van der Waals surface area contributed by atoms with Gasteiger partial charge in [-0.25, -0.2) is 4.98 Å². The third-order valence-corrected chi connectivity index (χ3v) is 8.53. The summed E-state index contributed by atoms with van der Waals surface area (Å²) in [5, 5.41) is 8.95. The van der Waals surface area contributed by atoms with Crippen LogP contribution in [0.2, 0.25) is 0 Å². The van der Waals surface area contributed by atoms with E-state index in [1.165, 1.54) is 70.8 Å². The Kier molecular flexibility index (Phi) is 5.05. The van der Waals surface area contributed by atoms with Gasteiger partial charge in [0.05, 0.1) is 10.9 Å². The number of fused-ring (bicyclic) bond motifs is 5. The summed E-state index contributed by atoms with van der Waals surface area (Å²) >= 11 is 0. The topological polar surface area (TPSA) is 17.8 Å². The third kappa shape index (κ3) is 3.32. The SMILES string of the molecule is C/C=c1\c(=C/C(C)c2ccc3cc4c(cc3c2)-c2cccc3cccc-4c23)c2ccccc2n1-c1ccccn1. The van der Waals surface area contributed by atoms with Crippen LogP contribution in [0.3, 0.4) is 0 Å². The van der Waals surface area contributed by atoms with Crippen LogP contribution in [0.1, 0.15) is 25.3 Å². The minimum atomic E-state index is 0.236.